The lowest BCUT2D eigenvalue weighted by molar-refractivity contribution is 0.183. The van der Waals surface area contributed by atoms with Crippen molar-refractivity contribution in [3.63, 3.8) is 0 Å². The summed E-state index contributed by atoms with van der Waals surface area (Å²) in [5.41, 5.74) is 0. The van der Waals surface area contributed by atoms with Crippen LogP contribution in [0.4, 0.5) is 0 Å². The maximum Gasteiger partial charge on any atom is 0.398 e. The third-order valence-corrected chi connectivity index (χ3v) is 0.877. The standard InChI is InChI=1S/C2H6NO3P/c1-2(4)3-7(5)6/h2,4H,1H3,(H,3,5,6). The highest BCUT2D eigenvalue weighted by molar-refractivity contribution is 7.28. The van der Waals surface area contributed by atoms with Crippen LogP contribution in [0.5, 0.6) is 0 Å². The average Bonchev–Trinajstić information content (AvgIpc) is 1.27. The van der Waals surface area contributed by atoms with Crippen LogP contribution in [-0.2, 0) is 9.13 Å². The van der Waals surface area contributed by atoms with Crippen LogP contribution in [-0.4, -0.2) is 11.3 Å². The molecular formula is C2H6NO3P. The van der Waals surface area contributed by atoms with Gasteiger partial charge in [0.15, 0.2) is 0 Å². The predicted molar refractivity (Wildman–Crippen MR) is 23.1 cm³/mol. The van der Waals surface area contributed by atoms with Crippen LogP contribution in [0.2, 0.25) is 0 Å². The third kappa shape index (κ3) is 5.82. The Morgan fingerprint density at radius 1 is 1.71 bits per heavy atom. The molecule has 2 N–H and O–H groups in total. The molecule has 42 valence electrons. The van der Waals surface area contributed by atoms with Gasteiger partial charge in [-0.05, 0) is 6.92 Å². The van der Waals surface area contributed by atoms with Crippen LogP contribution in [0.15, 0.2) is 0 Å². The van der Waals surface area contributed by atoms with Crippen LogP contribution in [0.1, 0.15) is 6.92 Å². The van der Waals surface area contributed by atoms with Crippen molar-refractivity contribution in [1.82, 2.24) is 5.09 Å². The summed E-state index contributed by atoms with van der Waals surface area (Å²) in [5.74, 6) is 0. The average molecular weight is 123 g/mol. The maximum atomic E-state index is 9.58. The second-order valence-corrected chi connectivity index (χ2v) is 1.83. The number of hydrogen-bond donors (Lipinski definition) is 2. The minimum Gasteiger partial charge on any atom is -0.378 e. The van der Waals surface area contributed by atoms with Gasteiger partial charge in [0.05, 0.1) is 0 Å². The number of hydrogen-bond acceptors (Lipinski definition) is 3. The van der Waals surface area contributed by atoms with E-state index < -0.39 is 14.1 Å². The molecule has 7 heavy (non-hydrogen) atoms. The highest BCUT2D eigenvalue weighted by Crippen LogP contribution is 1.93. The van der Waals surface area contributed by atoms with E-state index in [0.717, 1.165) is 0 Å². The van der Waals surface area contributed by atoms with E-state index in [-0.39, 0.29) is 0 Å². The quantitative estimate of drug-likeness (QED) is 0.400. The molecule has 0 aliphatic rings. The summed E-state index contributed by atoms with van der Waals surface area (Å²) in [7, 11) is -2.64. The molecule has 0 bridgehead atoms. The zero-order valence-electron chi connectivity index (χ0n) is 3.79. The van der Waals surface area contributed by atoms with Crippen LogP contribution >= 0.6 is 7.83 Å². The van der Waals surface area contributed by atoms with Gasteiger partial charge in [-0.1, -0.05) is 0 Å². The van der Waals surface area contributed by atoms with Crippen LogP contribution in [0, 0.1) is 0 Å². The van der Waals surface area contributed by atoms with Crippen LogP contribution in [0.3, 0.4) is 0 Å². The minimum atomic E-state index is -2.64. The lowest BCUT2D eigenvalue weighted by Gasteiger charge is -1.92. The highest BCUT2D eigenvalue weighted by atomic mass is 31.1. The Morgan fingerprint density at radius 2 is 2.14 bits per heavy atom. The first-order valence-corrected chi connectivity index (χ1v) is 2.89. The van der Waals surface area contributed by atoms with Gasteiger partial charge in [-0.2, -0.15) is 5.09 Å². The topological polar surface area (TPSA) is 66.4 Å². The minimum absolute atomic E-state index is 0.971. The van der Waals surface area contributed by atoms with E-state index in [4.69, 9.17) is 5.11 Å². The highest BCUT2D eigenvalue weighted by Gasteiger charge is 1.93. The second kappa shape index (κ2) is 2.91. The summed E-state index contributed by atoms with van der Waals surface area (Å²) >= 11 is 0. The van der Waals surface area contributed by atoms with Gasteiger partial charge in [-0.3, -0.25) is 0 Å². The molecule has 0 saturated heterocycles. The van der Waals surface area contributed by atoms with E-state index in [1.807, 2.05) is 5.09 Å². The monoisotopic (exact) mass is 123 g/mol. The van der Waals surface area contributed by atoms with E-state index in [1.165, 1.54) is 6.92 Å². The van der Waals surface area contributed by atoms with Crippen molar-refractivity contribution in [2.75, 3.05) is 0 Å². The van der Waals surface area contributed by atoms with E-state index >= 15 is 0 Å². The largest absolute Gasteiger partial charge is 0.398 e. The fourth-order valence-electron chi connectivity index (χ4n) is 0.153. The van der Waals surface area contributed by atoms with Crippen molar-refractivity contribution in [3.8, 4) is 0 Å². The first kappa shape index (κ1) is 6.82. The molecule has 0 aliphatic heterocycles. The Balaban J connectivity index is 3.32. The van der Waals surface area contributed by atoms with Gasteiger partial charge in [0.1, 0.15) is 6.23 Å². The molecule has 0 aromatic rings. The number of aliphatic hydroxyl groups is 1. The summed E-state index contributed by atoms with van der Waals surface area (Å²) in [6.07, 6.45) is -0.971. The number of nitrogens with one attached hydrogen (secondary N) is 1. The molecule has 1 unspecified atom stereocenters. The molecule has 1 atom stereocenters. The van der Waals surface area contributed by atoms with Crippen molar-refractivity contribution in [3.05, 3.63) is 0 Å². The molecule has 5 heteroatoms. The van der Waals surface area contributed by atoms with E-state index in [9.17, 15) is 9.13 Å². The van der Waals surface area contributed by atoms with Gasteiger partial charge >= 0.3 is 7.83 Å². The first-order chi connectivity index (χ1) is 3.13. The van der Waals surface area contributed by atoms with Crippen molar-refractivity contribution in [2.45, 2.75) is 13.2 Å². The Hall–Kier alpha value is -0.180. The predicted octanol–water partition coefficient (Wildman–Crippen LogP) is 0.00220. The molecule has 0 aliphatic carbocycles. The zero-order valence-corrected chi connectivity index (χ0v) is 4.68. The fraction of sp³-hybridized carbons (Fsp3) is 1.00. The van der Waals surface area contributed by atoms with Crippen LogP contribution < -0.4 is 5.09 Å². The van der Waals surface area contributed by atoms with Gasteiger partial charge in [-0.25, -0.2) is 9.13 Å². The number of aliphatic hydroxyl groups excluding tert-OH is 1. The van der Waals surface area contributed by atoms with Gasteiger partial charge < -0.3 is 5.11 Å². The zero-order chi connectivity index (χ0) is 5.86. The maximum absolute atomic E-state index is 9.58. The van der Waals surface area contributed by atoms with Crippen molar-refractivity contribution >= 4 is 7.83 Å². The van der Waals surface area contributed by atoms with Gasteiger partial charge in [0, 0.05) is 0 Å². The SMILES string of the molecule is CC(O)NP(=O)=O. The van der Waals surface area contributed by atoms with E-state index in [2.05, 4.69) is 0 Å². The van der Waals surface area contributed by atoms with Gasteiger partial charge in [0.2, 0.25) is 0 Å². The summed E-state index contributed by atoms with van der Waals surface area (Å²) in [6.45, 7) is 1.32. The summed E-state index contributed by atoms with van der Waals surface area (Å²) in [4.78, 5) is 0. The molecule has 0 heterocycles. The normalized spacial score (nSPS) is 13.4. The molecule has 0 saturated carbocycles. The van der Waals surface area contributed by atoms with E-state index in [0.29, 0.717) is 0 Å². The molecule has 0 radical (unpaired) electrons. The van der Waals surface area contributed by atoms with Gasteiger partial charge in [-0.15, -0.1) is 0 Å². The third-order valence-electron chi connectivity index (χ3n) is 0.292. The molecule has 4 nitrogen and oxygen atoms in total. The van der Waals surface area contributed by atoms with Crippen molar-refractivity contribution < 1.29 is 14.2 Å². The Bertz CT molecular complexity index is 99.5. The Labute approximate surface area is 41.4 Å². The van der Waals surface area contributed by atoms with E-state index in [1.54, 1.807) is 0 Å². The Kier molecular flexibility index (Phi) is 2.83. The molecule has 0 amide bonds. The molecule has 0 rings (SSSR count). The molecule has 0 fully saturated rings. The molecule has 0 aromatic heterocycles. The Morgan fingerprint density at radius 3 is 2.14 bits per heavy atom. The second-order valence-electron chi connectivity index (χ2n) is 1.06. The van der Waals surface area contributed by atoms with Crippen molar-refractivity contribution in [1.29, 1.82) is 0 Å². The molecular weight excluding hydrogens is 117 g/mol. The molecule has 0 spiro atoms. The first-order valence-electron chi connectivity index (χ1n) is 1.71. The number of rotatable bonds is 2. The molecule has 0 aromatic carbocycles. The van der Waals surface area contributed by atoms with Gasteiger partial charge in [0.25, 0.3) is 0 Å². The summed E-state index contributed by atoms with van der Waals surface area (Å²) < 4.78 is 19.2. The summed E-state index contributed by atoms with van der Waals surface area (Å²) in [6, 6.07) is 0. The lowest BCUT2D eigenvalue weighted by Crippen LogP contribution is -2.14. The lowest BCUT2D eigenvalue weighted by atomic mass is 10.7. The van der Waals surface area contributed by atoms with Crippen LogP contribution in [0.25, 0.3) is 0 Å². The smallest absolute Gasteiger partial charge is 0.378 e. The summed E-state index contributed by atoms with van der Waals surface area (Å²) in [5, 5.41) is 10.0. The van der Waals surface area contributed by atoms with Crippen molar-refractivity contribution in [2.24, 2.45) is 0 Å². The fourth-order valence-corrected chi connectivity index (χ4v) is 0.458.